The molecule has 2 saturated carbocycles. The van der Waals surface area contributed by atoms with E-state index in [0.29, 0.717) is 24.4 Å². The summed E-state index contributed by atoms with van der Waals surface area (Å²) in [7, 11) is 0. The molecule has 6 heteroatoms. The van der Waals surface area contributed by atoms with Gasteiger partial charge >= 0.3 is 5.97 Å². The molecule has 1 aromatic carbocycles. The van der Waals surface area contributed by atoms with Crippen LogP contribution in [0, 0.1) is 11.8 Å². The van der Waals surface area contributed by atoms with Crippen molar-refractivity contribution in [3.8, 4) is 0 Å². The van der Waals surface area contributed by atoms with E-state index in [-0.39, 0.29) is 24.0 Å². The largest absolute Gasteiger partial charge is 0.466 e. The van der Waals surface area contributed by atoms with E-state index in [4.69, 9.17) is 4.74 Å². The third kappa shape index (κ3) is 4.62. The number of ether oxygens (including phenoxy) is 1. The molecule has 4 fully saturated rings. The second-order valence-electron chi connectivity index (χ2n) is 11.9. The molecule has 0 spiro atoms. The summed E-state index contributed by atoms with van der Waals surface area (Å²) in [6, 6.07) is 9.92. The van der Waals surface area contributed by atoms with E-state index in [9.17, 15) is 9.59 Å². The number of esters is 1. The van der Waals surface area contributed by atoms with E-state index in [1.54, 1.807) is 6.92 Å². The Balaban J connectivity index is 1.31. The van der Waals surface area contributed by atoms with E-state index in [1.165, 1.54) is 64.2 Å². The molecule has 0 amide bonds. The van der Waals surface area contributed by atoms with Crippen molar-refractivity contribution in [1.29, 1.82) is 0 Å². The van der Waals surface area contributed by atoms with E-state index in [1.807, 2.05) is 28.8 Å². The summed E-state index contributed by atoms with van der Waals surface area (Å²) < 4.78 is 7.15. The van der Waals surface area contributed by atoms with Crippen molar-refractivity contribution in [3.63, 3.8) is 0 Å². The summed E-state index contributed by atoms with van der Waals surface area (Å²) in [5.74, 6) is 1.47. The average molecular weight is 492 g/mol. The number of benzene rings is 1. The van der Waals surface area contributed by atoms with Crippen molar-refractivity contribution in [2.75, 3.05) is 6.61 Å². The van der Waals surface area contributed by atoms with E-state index in [2.05, 4.69) is 9.88 Å². The smallest absolute Gasteiger partial charge is 0.312 e. The van der Waals surface area contributed by atoms with E-state index < -0.39 is 0 Å². The van der Waals surface area contributed by atoms with Crippen LogP contribution >= 0.6 is 0 Å². The molecule has 2 aliphatic heterocycles. The number of fused-ring (bicyclic) bond motifs is 5. The van der Waals surface area contributed by atoms with Crippen LogP contribution in [0.3, 0.4) is 0 Å². The summed E-state index contributed by atoms with van der Waals surface area (Å²) in [6.07, 6.45) is 15.7. The van der Waals surface area contributed by atoms with Crippen LogP contribution in [0.4, 0.5) is 0 Å². The van der Waals surface area contributed by atoms with Gasteiger partial charge in [0.25, 0.3) is 5.56 Å². The Labute approximate surface area is 214 Å². The van der Waals surface area contributed by atoms with Crippen molar-refractivity contribution >= 4 is 17.0 Å². The molecule has 4 bridgehead atoms. The first kappa shape index (κ1) is 24.1. The molecule has 6 rings (SSSR count). The van der Waals surface area contributed by atoms with Crippen molar-refractivity contribution in [2.45, 2.75) is 115 Å². The Hall–Kier alpha value is -2.21. The van der Waals surface area contributed by atoms with Crippen LogP contribution in [0.1, 0.15) is 95.7 Å². The standard InChI is InChI=1S/C30H41N3O3/c1-2-36-29(34)19-27-30(35)33(28-13-6-5-12-26(28)31-27)25-17-22-10-7-11-23(18-25)32(22)24-15-20-8-3-4-9-21(14-20)16-24/h5-6,12-13,20-25H,2-4,7-11,14-19H2,1H3/t20?,21?,22-,23+,24?,25?. The summed E-state index contributed by atoms with van der Waals surface area (Å²) >= 11 is 0. The summed E-state index contributed by atoms with van der Waals surface area (Å²) in [5, 5.41) is 0. The molecule has 0 radical (unpaired) electrons. The summed E-state index contributed by atoms with van der Waals surface area (Å²) in [5.41, 5.74) is 1.90. The fraction of sp³-hybridized carbons (Fsp3) is 0.700. The maximum Gasteiger partial charge on any atom is 0.312 e. The van der Waals surface area contributed by atoms with Gasteiger partial charge in [0.15, 0.2) is 0 Å². The Morgan fingerprint density at radius 1 is 0.889 bits per heavy atom. The van der Waals surface area contributed by atoms with Gasteiger partial charge in [-0.15, -0.1) is 0 Å². The molecule has 0 N–H and O–H groups in total. The van der Waals surface area contributed by atoms with Gasteiger partial charge in [-0.25, -0.2) is 4.98 Å². The van der Waals surface area contributed by atoms with Crippen molar-refractivity contribution in [2.24, 2.45) is 11.8 Å². The number of aromatic nitrogens is 2. The number of carbonyl (C=O) groups excluding carboxylic acids is 1. The molecule has 6 nitrogen and oxygen atoms in total. The lowest BCUT2D eigenvalue weighted by atomic mass is 9.73. The van der Waals surface area contributed by atoms with Gasteiger partial charge in [-0.1, -0.05) is 44.2 Å². The summed E-state index contributed by atoms with van der Waals surface area (Å²) in [4.78, 5) is 33.6. The number of hydrogen-bond acceptors (Lipinski definition) is 5. The Bertz CT molecular complexity index is 1130. The molecule has 3 unspecified atom stereocenters. The molecular weight excluding hydrogens is 450 g/mol. The lowest BCUT2D eigenvalue weighted by Gasteiger charge is -2.54. The number of carbonyl (C=O) groups is 1. The third-order valence-electron chi connectivity index (χ3n) is 9.62. The molecule has 2 aliphatic carbocycles. The first-order valence-electron chi connectivity index (χ1n) is 14.5. The molecule has 3 heterocycles. The number of nitrogens with zero attached hydrogens (tertiary/aromatic N) is 3. The second-order valence-corrected chi connectivity index (χ2v) is 11.9. The van der Waals surface area contributed by atoms with Crippen molar-refractivity contribution < 1.29 is 9.53 Å². The predicted octanol–water partition coefficient (Wildman–Crippen LogP) is 5.42. The maximum atomic E-state index is 13.8. The van der Waals surface area contributed by atoms with Crippen molar-refractivity contribution in [1.82, 2.24) is 14.5 Å². The van der Waals surface area contributed by atoms with Gasteiger partial charge < -0.3 is 9.30 Å². The zero-order valence-electron chi connectivity index (χ0n) is 21.7. The second kappa shape index (κ2) is 10.3. The fourth-order valence-electron chi connectivity index (χ4n) is 8.34. The van der Waals surface area contributed by atoms with Crippen LogP contribution in [0.15, 0.2) is 29.1 Å². The Kier molecular flexibility index (Phi) is 6.89. The SMILES string of the molecule is CCOC(=O)Cc1nc2ccccc2n(C2C[C@H]3CCC[C@@H](C2)N3C2CC3CCCCC(C3)C2)c1=O. The number of rotatable bonds is 5. The summed E-state index contributed by atoms with van der Waals surface area (Å²) in [6.45, 7) is 2.10. The molecular formula is C30H41N3O3. The minimum Gasteiger partial charge on any atom is -0.466 e. The highest BCUT2D eigenvalue weighted by Crippen LogP contribution is 2.46. The van der Waals surface area contributed by atoms with Crippen LogP contribution in [0.5, 0.6) is 0 Å². The highest BCUT2D eigenvalue weighted by atomic mass is 16.5. The van der Waals surface area contributed by atoms with Gasteiger partial charge in [0.05, 0.1) is 24.1 Å². The van der Waals surface area contributed by atoms with Gasteiger partial charge in [0.2, 0.25) is 0 Å². The molecule has 4 aliphatic rings. The Morgan fingerprint density at radius 2 is 1.58 bits per heavy atom. The minimum absolute atomic E-state index is 0.0614. The molecule has 1 aromatic heterocycles. The molecule has 2 saturated heterocycles. The van der Waals surface area contributed by atoms with E-state index in [0.717, 1.165) is 41.8 Å². The topological polar surface area (TPSA) is 64.4 Å². The lowest BCUT2D eigenvalue weighted by molar-refractivity contribution is -0.142. The Morgan fingerprint density at radius 3 is 2.28 bits per heavy atom. The van der Waals surface area contributed by atoms with E-state index >= 15 is 0 Å². The van der Waals surface area contributed by atoms with Crippen LogP contribution in [-0.4, -0.2) is 45.2 Å². The molecule has 2 aromatic rings. The van der Waals surface area contributed by atoms with Crippen LogP contribution in [0.2, 0.25) is 0 Å². The van der Waals surface area contributed by atoms with Gasteiger partial charge in [-0.05, 0) is 75.8 Å². The number of para-hydroxylation sites is 2. The van der Waals surface area contributed by atoms with Gasteiger partial charge in [-0.3, -0.25) is 14.5 Å². The van der Waals surface area contributed by atoms with Crippen LogP contribution < -0.4 is 5.56 Å². The lowest BCUT2D eigenvalue weighted by Crippen LogP contribution is -2.58. The average Bonchev–Trinajstić information content (AvgIpc) is 3.03. The zero-order valence-corrected chi connectivity index (χ0v) is 21.7. The first-order chi connectivity index (χ1) is 17.6. The highest BCUT2D eigenvalue weighted by molar-refractivity contribution is 5.77. The molecule has 36 heavy (non-hydrogen) atoms. The van der Waals surface area contributed by atoms with Crippen LogP contribution in [0.25, 0.3) is 11.0 Å². The van der Waals surface area contributed by atoms with Gasteiger partial charge in [-0.2, -0.15) is 0 Å². The third-order valence-corrected chi connectivity index (χ3v) is 9.62. The van der Waals surface area contributed by atoms with Crippen molar-refractivity contribution in [3.05, 3.63) is 40.3 Å². The maximum absolute atomic E-state index is 13.8. The minimum atomic E-state index is -0.380. The first-order valence-corrected chi connectivity index (χ1v) is 14.5. The van der Waals surface area contributed by atoms with Gasteiger partial charge in [0.1, 0.15) is 5.69 Å². The monoisotopic (exact) mass is 491 g/mol. The zero-order chi connectivity index (χ0) is 24.6. The van der Waals surface area contributed by atoms with Gasteiger partial charge in [0, 0.05) is 24.2 Å². The molecule has 5 atom stereocenters. The quantitative estimate of drug-likeness (QED) is 0.523. The fourth-order valence-corrected chi connectivity index (χ4v) is 8.34. The molecule has 194 valence electrons. The number of piperidine rings is 2. The predicted molar refractivity (Wildman–Crippen MR) is 141 cm³/mol. The number of hydrogen-bond donors (Lipinski definition) is 0. The van der Waals surface area contributed by atoms with Crippen LogP contribution in [-0.2, 0) is 16.0 Å². The highest BCUT2D eigenvalue weighted by Gasteiger charge is 2.45. The normalized spacial score (nSPS) is 32.7.